The topological polar surface area (TPSA) is 64.9 Å². The largest absolute Gasteiger partial charge is 0.339 e. The van der Waals surface area contributed by atoms with Crippen LogP contribution in [-0.4, -0.2) is 16.7 Å². The molecule has 3 rings (SSSR count). The summed E-state index contributed by atoms with van der Waals surface area (Å²) < 4.78 is 18.6. The van der Waals surface area contributed by atoms with Crippen LogP contribution in [0.1, 0.15) is 30.7 Å². The second-order valence-corrected chi connectivity index (χ2v) is 5.71. The number of nitrogens with zero attached hydrogens (tertiary/aromatic N) is 2. The molecule has 0 atom stereocenters. The Morgan fingerprint density at radius 2 is 2.20 bits per heavy atom. The van der Waals surface area contributed by atoms with E-state index in [0.29, 0.717) is 30.2 Å². The van der Waals surface area contributed by atoms with E-state index < -0.39 is 0 Å². The van der Waals surface area contributed by atoms with Gasteiger partial charge in [0.05, 0.1) is 0 Å². The predicted octanol–water partition coefficient (Wildman–Crippen LogP) is 2.86. The standard InChI is InChI=1S/C15H18FN3O/c1-10-3-4-11(16)7-12(10)14-18-13(20-19-14)8-15(9-17)5-2-6-15/h3-4,7H,2,5-6,8-9,17H2,1H3. The van der Waals surface area contributed by atoms with E-state index in [1.54, 1.807) is 6.07 Å². The third-order valence-corrected chi connectivity index (χ3v) is 4.28. The van der Waals surface area contributed by atoms with Gasteiger partial charge in [-0.2, -0.15) is 4.98 Å². The molecule has 1 heterocycles. The molecule has 2 aromatic rings. The van der Waals surface area contributed by atoms with Gasteiger partial charge in [0.2, 0.25) is 11.7 Å². The van der Waals surface area contributed by atoms with E-state index >= 15 is 0 Å². The summed E-state index contributed by atoms with van der Waals surface area (Å²) in [5.41, 5.74) is 7.57. The van der Waals surface area contributed by atoms with Crippen molar-refractivity contribution in [2.24, 2.45) is 11.1 Å². The van der Waals surface area contributed by atoms with Crippen molar-refractivity contribution in [3.05, 3.63) is 35.5 Å². The van der Waals surface area contributed by atoms with Crippen LogP contribution in [0.15, 0.2) is 22.7 Å². The average Bonchev–Trinajstić information content (AvgIpc) is 2.85. The quantitative estimate of drug-likeness (QED) is 0.931. The van der Waals surface area contributed by atoms with Crippen molar-refractivity contribution in [1.82, 2.24) is 10.1 Å². The SMILES string of the molecule is Cc1ccc(F)cc1-c1noc(CC2(CN)CCC2)n1. The van der Waals surface area contributed by atoms with Gasteiger partial charge < -0.3 is 10.3 Å². The van der Waals surface area contributed by atoms with Gasteiger partial charge in [0.15, 0.2) is 0 Å². The van der Waals surface area contributed by atoms with E-state index in [0.717, 1.165) is 18.4 Å². The second kappa shape index (κ2) is 4.98. The van der Waals surface area contributed by atoms with Crippen LogP contribution in [0.4, 0.5) is 4.39 Å². The van der Waals surface area contributed by atoms with E-state index in [1.165, 1.54) is 18.6 Å². The van der Waals surface area contributed by atoms with Crippen molar-refractivity contribution >= 4 is 0 Å². The zero-order valence-electron chi connectivity index (χ0n) is 11.5. The molecule has 1 aromatic carbocycles. The third-order valence-electron chi connectivity index (χ3n) is 4.28. The summed E-state index contributed by atoms with van der Waals surface area (Å²) in [6.45, 7) is 2.54. The fourth-order valence-electron chi connectivity index (χ4n) is 2.72. The minimum Gasteiger partial charge on any atom is -0.339 e. The molecule has 1 saturated carbocycles. The molecule has 0 amide bonds. The molecule has 5 heteroatoms. The Hall–Kier alpha value is -1.75. The maximum Gasteiger partial charge on any atom is 0.227 e. The van der Waals surface area contributed by atoms with Crippen molar-refractivity contribution in [1.29, 1.82) is 0 Å². The molecule has 106 valence electrons. The van der Waals surface area contributed by atoms with Crippen molar-refractivity contribution < 1.29 is 8.91 Å². The molecule has 0 unspecified atom stereocenters. The minimum absolute atomic E-state index is 0.126. The molecule has 0 bridgehead atoms. The molecule has 4 nitrogen and oxygen atoms in total. The molecule has 0 saturated heterocycles. The third kappa shape index (κ3) is 2.33. The Morgan fingerprint density at radius 1 is 1.40 bits per heavy atom. The van der Waals surface area contributed by atoms with E-state index in [-0.39, 0.29) is 11.2 Å². The predicted molar refractivity (Wildman–Crippen MR) is 73.5 cm³/mol. The van der Waals surface area contributed by atoms with Crippen molar-refractivity contribution in [2.75, 3.05) is 6.54 Å². The Labute approximate surface area is 117 Å². The summed E-state index contributed by atoms with van der Waals surface area (Å²) in [5.74, 6) is 0.742. The van der Waals surface area contributed by atoms with Crippen LogP contribution in [0.25, 0.3) is 11.4 Å². The number of hydrogen-bond donors (Lipinski definition) is 1. The lowest BCUT2D eigenvalue weighted by atomic mass is 9.67. The molecule has 0 radical (unpaired) electrons. The van der Waals surface area contributed by atoms with E-state index in [2.05, 4.69) is 10.1 Å². The molecule has 20 heavy (non-hydrogen) atoms. The monoisotopic (exact) mass is 275 g/mol. The Bertz CT molecular complexity index is 614. The zero-order valence-corrected chi connectivity index (χ0v) is 11.5. The first-order chi connectivity index (χ1) is 9.62. The molecular formula is C15H18FN3O. The van der Waals surface area contributed by atoms with Crippen molar-refractivity contribution in [3.63, 3.8) is 0 Å². The van der Waals surface area contributed by atoms with Crippen LogP contribution in [0.2, 0.25) is 0 Å². The Kier molecular flexibility index (Phi) is 3.30. The Balaban J connectivity index is 1.85. The molecule has 1 aromatic heterocycles. The molecule has 1 aliphatic carbocycles. The van der Waals surface area contributed by atoms with Crippen molar-refractivity contribution in [3.8, 4) is 11.4 Å². The van der Waals surface area contributed by atoms with Gasteiger partial charge in [-0.1, -0.05) is 17.6 Å². The number of rotatable bonds is 4. The summed E-state index contributed by atoms with van der Waals surface area (Å²) in [7, 11) is 0. The maximum atomic E-state index is 13.3. The first-order valence-corrected chi connectivity index (χ1v) is 6.91. The normalized spacial score (nSPS) is 16.9. The van der Waals surface area contributed by atoms with Crippen LogP contribution >= 0.6 is 0 Å². The van der Waals surface area contributed by atoms with Gasteiger partial charge in [0, 0.05) is 12.0 Å². The number of aromatic nitrogens is 2. The summed E-state index contributed by atoms with van der Waals surface area (Å²) in [5, 5.41) is 3.97. The van der Waals surface area contributed by atoms with Gasteiger partial charge in [-0.3, -0.25) is 0 Å². The van der Waals surface area contributed by atoms with Crippen LogP contribution < -0.4 is 5.73 Å². The lowest BCUT2D eigenvalue weighted by Crippen LogP contribution is -2.39. The van der Waals surface area contributed by atoms with Gasteiger partial charge in [0.25, 0.3) is 0 Å². The molecule has 0 aliphatic heterocycles. The molecule has 1 aliphatic rings. The van der Waals surface area contributed by atoms with Gasteiger partial charge in [-0.15, -0.1) is 0 Å². The van der Waals surface area contributed by atoms with Gasteiger partial charge in [0.1, 0.15) is 5.82 Å². The molecular weight excluding hydrogens is 257 g/mol. The summed E-state index contributed by atoms with van der Waals surface area (Å²) >= 11 is 0. The van der Waals surface area contributed by atoms with Crippen LogP contribution in [0.3, 0.4) is 0 Å². The average molecular weight is 275 g/mol. The number of nitrogens with two attached hydrogens (primary N) is 1. The number of hydrogen-bond acceptors (Lipinski definition) is 4. The van der Waals surface area contributed by atoms with E-state index in [1.807, 2.05) is 6.92 Å². The van der Waals surface area contributed by atoms with Crippen LogP contribution in [0, 0.1) is 18.2 Å². The number of benzene rings is 1. The lowest BCUT2D eigenvalue weighted by molar-refractivity contribution is 0.129. The highest BCUT2D eigenvalue weighted by atomic mass is 19.1. The van der Waals surface area contributed by atoms with E-state index in [4.69, 9.17) is 10.3 Å². The first kappa shape index (κ1) is 13.2. The second-order valence-electron chi connectivity index (χ2n) is 5.71. The molecule has 2 N–H and O–H groups in total. The van der Waals surface area contributed by atoms with Gasteiger partial charge in [-0.05, 0) is 49.4 Å². The maximum absolute atomic E-state index is 13.3. The highest BCUT2D eigenvalue weighted by molar-refractivity contribution is 5.59. The molecule has 1 fully saturated rings. The van der Waals surface area contributed by atoms with Crippen LogP contribution in [0.5, 0.6) is 0 Å². The van der Waals surface area contributed by atoms with Gasteiger partial charge in [-0.25, -0.2) is 4.39 Å². The highest BCUT2D eigenvalue weighted by Crippen LogP contribution is 2.42. The molecule has 0 spiro atoms. The first-order valence-electron chi connectivity index (χ1n) is 6.91. The smallest absolute Gasteiger partial charge is 0.227 e. The van der Waals surface area contributed by atoms with Crippen LogP contribution in [-0.2, 0) is 6.42 Å². The fraction of sp³-hybridized carbons (Fsp3) is 0.467. The fourth-order valence-corrected chi connectivity index (χ4v) is 2.72. The zero-order chi connectivity index (χ0) is 14.2. The number of halogens is 1. The lowest BCUT2D eigenvalue weighted by Gasteiger charge is -2.39. The summed E-state index contributed by atoms with van der Waals surface area (Å²) in [6, 6.07) is 4.58. The minimum atomic E-state index is -0.297. The van der Waals surface area contributed by atoms with Gasteiger partial charge >= 0.3 is 0 Å². The Morgan fingerprint density at radius 3 is 2.85 bits per heavy atom. The van der Waals surface area contributed by atoms with E-state index in [9.17, 15) is 4.39 Å². The summed E-state index contributed by atoms with van der Waals surface area (Å²) in [4.78, 5) is 4.40. The number of aryl methyl sites for hydroxylation is 1. The van der Waals surface area contributed by atoms with Crippen molar-refractivity contribution in [2.45, 2.75) is 32.6 Å². The summed E-state index contributed by atoms with van der Waals surface area (Å²) in [6.07, 6.45) is 4.15. The highest BCUT2D eigenvalue weighted by Gasteiger charge is 2.37.